The number of carbonyl (C=O) groups is 1. The van der Waals surface area contributed by atoms with Crippen LogP contribution >= 0.6 is 11.3 Å². The highest BCUT2D eigenvalue weighted by Crippen LogP contribution is 2.31. The summed E-state index contributed by atoms with van der Waals surface area (Å²) in [5.74, 6) is 0.326. The summed E-state index contributed by atoms with van der Waals surface area (Å²) in [6, 6.07) is 27.3. The van der Waals surface area contributed by atoms with Crippen LogP contribution in [0.5, 0.6) is 5.75 Å². The number of benzene rings is 4. The van der Waals surface area contributed by atoms with Gasteiger partial charge in [0.05, 0.1) is 27.9 Å². The molecule has 43 heavy (non-hydrogen) atoms. The normalized spacial score (nSPS) is 13.7. The minimum atomic E-state index is -3.74. The molecule has 5 aromatic rings. The third-order valence-electron chi connectivity index (χ3n) is 7.25. The Labute approximate surface area is 254 Å². The Morgan fingerprint density at radius 3 is 2.51 bits per heavy atom. The molecule has 1 aliphatic rings. The van der Waals surface area contributed by atoms with Gasteiger partial charge < -0.3 is 4.74 Å². The first-order valence-corrected chi connectivity index (χ1v) is 16.2. The van der Waals surface area contributed by atoms with Crippen molar-refractivity contribution in [2.45, 2.75) is 31.7 Å². The number of nitrogens with zero attached hydrogens (tertiary/aromatic N) is 4. The molecular weight excluding hydrogens is 581 g/mol. The summed E-state index contributed by atoms with van der Waals surface area (Å²) in [6.45, 7) is 5.23. The number of fused-ring (bicyclic) bond motifs is 2. The molecule has 0 N–H and O–H groups in total. The number of hydrogen-bond acceptors (Lipinski definition) is 7. The molecule has 0 spiro atoms. The van der Waals surface area contributed by atoms with Crippen LogP contribution in [0.25, 0.3) is 10.2 Å². The van der Waals surface area contributed by atoms with Gasteiger partial charge in [-0.1, -0.05) is 41.7 Å². The van der Waals surface area contributed by atoms with Crippen LogP contribution in [-0.4, -0.2) is 43.0 Å². The van der Waals surface area contributed by atoms with Crippen LogP contribution in [0.1, 0.15) is 39.5 Å². The van der Waals surface area contributed by atoms with Crippen LogP contribution in [0.2, 0.25) is 0 Å². The third kappa shape index (κ3) is 6.08. The van der Waals surface area contributed by atoms with Crippen LogP contribution < -0.4 is 9.75 Å². The van der Waals surface area contributed by atoms with Crippen molar-refractivity contribution in [1.82, 2.24) is 9.29 Å². The van der Waals surface area contributed by atoms with Crippen molar-refractivity contribution >= 4 is 48.8 Å². The maximum atomic E-state index is 13.8. The molecule has 218 valence electrons. The zero-order valence-electron chi connectivity index (χ0n) is 23.8. The summed E-state index contributed by atoms with van der Waals surface area (Å²) < 4.78 is 34.9. The van der Waals surface area contributed by atoms with Crippen molar-refractivity contribution < 1.29 is 17.9 Å². The molecular formula is C33H30N4O4S2. The van der Waals surface area contributed by atoms with E-state index in [0.717, 1.165) is 32.7 Å². The smallest absolute Gasteiger partial charge is 0.280 e. The molecule has 0 saturated heterocycles. The lowest BCUT2D eigenvalue weighted by atomic mass is 10.0. The zero-order valence-corrected chi connectivity index (χ0v) is 25.4. The van der Waals surface area contributed by atoms with Gasteiger partial charge in [0.1, 0.15) is 5.75 Å². The number of amides is 1. The van der Waals surface area contributed by atoms with Crippen LogP contribution in [-0.2, 0) is 23.0 Å². The number of carbonyl (C=O) groups excluding carboxylic acids is 1. The molecule has 2 heterocycles. The Morgan fingerprint density at radius 1 is 1.02 bits per heavy atom. The van der Waals surface area contributed by atoms with Gasteiger partial charge in [-0.3, -0.25) is 4.79 Å². The first-order valence-electron chi connectivity index (χ1n) is 14.0. The second-order valence-electron chi connectivity index (χ2n) is 10.2. The lowest BCUT2D eigenvalue weighted by Gasteiger charge is -2.28. The van der Waals surface area contributed by atoms with Crippen molar-refractivity contribution in [3.05, 3.63) is 119 Å². The van der Waals surface area contributed by atoms with Gasteiger partial charge in [-0.15, -0.1) is 0 Å². The van der Waals surface area contributed by atoms with E-state index < -0.39 is 15.9 Å². The minimum absolute atomic E-state index is 0.142. The summed E-state index contributed by atoms with van der Waals surface area (Å²) in [5.41, 5.74) is 5.11. The number of rotatable bonds is 8. The van der Waals surface area contributed by atoms with Crippen molar-refractivity contribution in [3.63, 3.8) is 0 Å². The number of sulfonamides is 1. The summed E-state index contributed by atoms with van der Waals surface area (Å²) in [7, 11) is -3.74. The molecule has 1 amide bonds. The van der Waals surface area contributed by atoms with Gasteiger partial charge in [0, 0.05) is 18.7 Å². The largest absolute Gasteiger partial charge is 0.494 e. The molecule has 1 aromatic heterocycles. The predicted molar refractivity (Wildman–Crippen MR) is 171 cm³/mol. The average Bonchev–Trinajstić information content (AvgIpc) is 3.44. The topological polar surface area (TPSA) is 92.2 Å². The molecule has 10 heteroatoms. The van der Waals surface area contributed by atoms with E-state index in [2.05, 4.69) is 10.1 Å². The lowest BCUT2D eigenvalue weighted by Crippen LogP contribution is -2.36. The summed E-state index contributed by atoms with van der Waals surface area (Å²) in [5, 5.41) is 6.22. The van der Waals surface area contributed by atoms with E-state index in [1.807, 2.05) is 80.6 Å². The van der Waals surface area contributed by atoms with Gasteiger partial charge >= 0.3 is 0 Å². The molecule has 0 atom stereocenters. The zero-order chi connectivity index (χ0) is 30.0. The molecule has 0 unspecified atom stereocenters. The Kier molecular flexibility index (Phi) is 8.07. The van der Waals surface area contributed by atoms with Crippen molar-refractivity contribution in [2.24, 2.45) is 5.10 Å². The number of hydrogen-bond donors (Lipinski definition) is 0. The van der Waals surface area contributed by atoms with Crippen LogP contribution in [0, 0.1) is 6.92 Å². The van der Waals surface area contributed by atoms with Crippen LogP contribution in [0.4, 0.5) is 5.13 Å². The molecule has 0 saturated carbocycles. The molecule has 4 aromatic carbocycles. The molecule has 0 aliphatic carbocycles. The number of ether oxygens (including phenoxy) is 1. The van der Waals surface area contributed by atoms with Crippen molar-refractivity contribution in [3.8, 4) is 5.75 Å². The summed E-state index contributed by atoms with van der Waals surface area (Å²) >= 11 is 1.37. The van der Waals surface area contributed by atoms with Gasteiger partial charge in [0.25, 0.3) is 5.91 Å². The number of anilines is 1. The Bertz CT molecular complexity index is 1920. The van der Waals surface area contributed by atoms with E-state index in [1.165, 1.54) is 50.5 Å². The van der Waals surface area contributed by atoms with E-state index in [-0.39, 0.29) is 4.90 Å². The van der Waals surface area contributed by atoms with Gasteiger partial charge in [0.2, 0.25) is 15.2 Å². The standard InChI is InChI=1S/C33H30N4O4S2/c1-3-41-28-13-9-24(10-14-28)21-34-37(33-35-30-17-8-23(2)20-31(30)42-33)32(38)26-11-15-29(16-12-26)43(39,40)36-19-18-25-6-4-5-7-27(25)22-36/h4-17,20-21H,3,18-19,22H2,1-2H3/b34-21+. The highest BCUT2D eigenvalue weighted by atomic mass is 32.2. The highest BCUT2D eigenvalue weighted by Gasteiger charge is 2.29. The Morgan fingerprint density at radius 2 is 1.77 bits per heavy atom. The highest BCUT2D eigenvalue weighted by molar-refractivity contribution is 7.89. The molecule has 0 bridgehead atoms. The predicted octanol–water partition coefficient (Wildman–Crippen LogP) is 6.43. The second-order valence-corrected chi connectivity index (χ2v) is 13.2. The Hall–Kier alpha value is -4.38. The first-order chi connectivity index (χ1) is 20.8. The summed E-state index contributed by atoms with van der Waals surface area (Å²) in [6.07, 6.45) is 2.26. The molecule has 6 rings (SSSR count). The van der Waals surface area contributed by atoms with E-state index >= 15 is 0 Å². The fourth-order valence-corrected chi connectivity index (χ4v) is 7.40. The summed E-state index contributed by atoms with van der Waals surface area (Å²) in [4.78, 5) is 18.7. The van der Waals surface area contributed by atoms with E-state index in [9.17, 15) is 13.2 Å². The van der Waals surface area contributed by atoms with E-state index in [0.29, 0.717) is 36.8 Å². The molecule has 0 fully saturated rings. The van der Waals surface area contributed by atoms with Gasteiger partial charge in [-0.25, -0.2) is 13.4 Å². The average molecular weight is 611 g/mol. The monoisotopic (exact) mass is 610 g/mol. The van der Waals surface area contributed by atoms with Crippen molar-refractivity contribution in [2.75, 3.05) is 18.2 Å². The number of hydrazone groups is 1. The van der Waals surface area contributed by atoms with Gasteiger partial charge in [0.15, 0.2) is 0 Å². The quantitative estimate of drug-likeness (QED) is 0.149. The minimum Gasteiger partial charge on any atom is -0.494 e. The molecule has 0 radical (unpaired) electrons. The number of aromatic nitrogens is 1. The lowest BCUT2D eigenvalue weighted by molar-refractivity contribution is 0.0987. The third-order valence-corrected chi connectivity index (χ3v) is 10.1. The van der Waals surface area contributed by atoms with Crippen LogP contribution in [0.3, 0.4) is 0 Å². The maximum absolute atomic E-state index is 13.8. The Balaban J connectivity index is 1.28. The maximum Gasteiger partial charge on any atom is 0.280 e. The molecule has 1 aliphatic heterocycles. The van der Waals surface area contributed by atoms with Gasteiger partial charge in [-0.2, -0.15) is 14.4 Å². The fraction of sp³-hybridized carbons (Fsp3) is 0.182. The fourth-order valence-electron chi connectivity index (χ4n) is 4.96. The number of thiazole rings is 1. The van der Waals surface area contributed by atoms with E-state index in [4.69, 9.17) is 4.74 Å². The SMILES string of the molecule is CCOc1ccc(/C=N/N(C(=O)c2ccc(S(=O)(=O)N3CCc4ccccc4C3)cc2)c2nc3ccc(C)cc3s2)cc1. The van der Waals surface area contributed by atoms with Crippen molar-refractivity contribution in [1.29, 1.82) is 0 Å². The van der Waals surface area contributed by atoms with Crippen LogP contribution in [0.15, 0.2) is 101 Å². The van der Waals surface area contributed by atoms with E-state index in [1.54, 1.807) is 6.21 Å². The second kappa shape index (κ2) is 12.1. The molecule has 8 nitrogen and oxygen atoms in total. The first kappa shape index (κ1) is 28.7. The number of aryl methyl sites for hydroxylation is 1. The van der Waals surface area contributed by atoms with Gasteiger partial charge in [-0.05, 0) is 103 Å².